The van der Waals surface area contributed by atoms with Crippen molar-refractivity contribution in [2.24, 2.45) is 0 Å². The van der Waals surface area contributed by atoms with Gasteiger partial charge in [-0.15, -0.1) is 11.3 Å². The Morgan fingerprint density at radius 2 is 1.74 bits per heavy atom. The third-order valence-electron chi connectivity index (χ3n) is 4.28. The van der Waals surface area contributed by atoms with Crippen molar-refractivity contribution in [2.45, 2.75) is 19.4 Å². The Balaban J connectivity index is 1.66. The number of aryl methyl sites for hydroxylation is 1. The van der Waals surface area contributed by atoms with E-state index in [-0.39, 0.29) is 18.6 Å². The van der Waals surface area contributed by atoms with Crippen LogP contribution in [-0.4, -0.2) is 19.6 Å². The molecular weight excluding hydrogens is 358 g/mol. The number of hydrogen-bond acceptors (Lipinski definition) is 4. The molecule has 0 aliphatic rings. The van der Waals surface area contributed by atoms with Crippen LogP contribution in [0, 0.1) is 0 Å². The second-order valence-corrected chi connectivity index (χ2v) is 7.05. The predicted molar refractivity (Wildman–Crippen MR) is 109 cm³/mol. The van der Waals surface area contributed by atoms with Gasteiger partial charge in [-0.25, -0.2) is 0 Å². The Morgan fingerprint density at radius 1 is 1.04 bits per heavy atom. The number of methoxy groups -OCH3 is 1. The van der Waals surface area contributed by atoms with Gasteiger partial charge in [0.15, 0.2) is 6.61 Å². The summed E-state index contributed by atoms with van der Waals surface area (Å²) in [5, 5.41) is 5.10. The number of benzene rings is 2. The van der Waals surface area contributed by atoms with Crippen LogP contribution in [0.5, 0.6) is 11.5 Å². The number of nitrogens with one attached hydrogen (secondary N) is 1. The van der Waals surface area contributed by atoms with E-state index < -0.39 is 0 Å². The molecule has 0 aliphatic carbocycles. The Morgan fingerprint density at radius 3 is 2.33 bits per heavy atom. The summed E-state index contributed by atoms with van der Waals surface area (Å²) in [6.45, 7) is 2.09. The fraction of sp³-hybridized carbons (Fsp3) is 0.227. The first-order chi connectivity index (χ1) is 13.2. The quantitative estimate of drug-likeness (QED) is 0.620. The van der Waals surface area contributed by atoms with Gasteiger partial charge in [-0.1, -0.05) is 37.3 Å². The largest absolute Gasteiger partial charge is 0.497 e. The van der Waals surface area contributed by atoms with Crippen LogP contribution in [0.25, 0.3) is 0 Å². The smallest absolute Gasteiger partial charge is 0.258 e. The summed E-state index contributed by atoms with van der Waals surface area (Å²) >= 11 is 1.63. The van der Waals surface area contributed by atoms with Crippen LogP contribution >= 0.6 is 11.3 Å². The van der Waals surface area contributed by atoms with Crippen LogP contribution < -0.4 is 14.8 Å². The fourth-order valence-corrected chi connectivity index (χ4v) is 3.55. The fourth-order valence-electron chi connectivity index (χ4n) is 2.74. The molecule has 0 saturated heterocycles. The number of hydrogen-bond donors (Lipinski definition) is 1. The number of carbonyl (C=O) groups is 1. The second kappa shape index (κ2) is 9.24. The van der Waals surface area contributed by atoms with Gasteiger partial charge in [0.2, 0.25) is 0 Å². The first-order valence-corrected chi connectivity index (χ1v) is 9.76. The van der Waals surface area contributed by atoms with E-state index in [2.05, 4.69) is 36.5 Å². The third kappa shape index (κ3) is 5.11. The molecule has 0 aliphatic heterocycles. The van der Waals surface area contributed by atoms with Gasteiger partial charge < -0.3 is 14.8 Å². The molecule has 140 valence electrons. The lowest BCUT2D eigenvalue weighted by Crippen LogP contribution is -2.32. The molecule has 4 nitrogen and oxygen atoms in total. The molecule has 0 unspecified atom stereocenters. The first-order valence-electron chi connectivity index (χ1n) is 8.88. The monoisotopic (exact) mass is 381 g/mol. The van der Waals surface area contributed by atoms with Gasteiger partial charge in [-0.2, -0.15) is 0 Å². The SMILES string of the molecule is CCc1ccc([C@@H](NC(=O)COc2ccc(OC)cc2)c2cccs2)cc1. The zero-order valence-corrected chi connectivity index (χ0v) is 16.3. The minimum absolute atomic E-state index is 0.0404. The molecule has 0 spiro atoms. The minimum atomic E-state index is -0.178. The van der Waals surface area contributed by atoms with Crippen molar-refractivity contribution >= 4 is 17.2 Å². The molecule has 2 aromatic carbocycles. The van der Waals surface area contributed by atoms with E-state index >= 15 is 0 Å². The van der Waals surface area contributed by atoms with Gasteiger partial charge in [0, 0.05) is 4.88 Å². The maximum absolute atomic E-state index is 12.5. The molecule has 5 heteroatoms. The maximum Gasteiger partial charge on any atom is 0.258 e. The molecule has 3 aromatic rings. The number of rotatable bonds is 8. The van der Waals surface area contributed by atoms with Crippen molar-refractivity contribution in [3.8, 4) is 11.5 Å². The van der Waals surface area contributed by atoms with E-state index in [1.54, 1.807) is 42.7 Å². The van der Waals surface area contributed by atoms with Crippen molar-refractivity contribution in [1.82, 2.24) is 5.32 Å². The van der Waals surface area contributed by atoms with Crippen LogP contribution in [0.3, 0.4) is 0 Å². The number of carbonyl (C=O) groups excluding carboxylic acids is 1. The van der Waals surface area contributed by atoms with Gasteiger partial charge in [-0.05, 0) is 53.3 Å². The molecule has 0 bridgehead atoms. The van der Waals surface area contributed by atoms with E-state index in [1.165, 1.54) is 5.56 Å². The number of ether oxygens (including phenoxy) is 2. The van der Waals surface area contributed by atoms with Crippen LogP contribution in [0.1, 0.15) is 29.0 Å². The lowest BCUT2D eigenvalue weighted by molar-refractivity contribution is -0.123. The first kappa shape index (κ1) is 19.0. The summed E-state index contributed by atoms with van der Waals surface area (Å²) in [7, 11) is 1.61. The van der Waals surface area contributed by atoms with E-state index in [1.807, 2.05) is 17.5 Å². The zero-order chi connectivity index (χ0) is 19.1. The van der Waals surface area contributed by atoms with E-state index in [9.17, 15) is 4.79 Å². The molecule has 1 N–H and O–H groups in total. The van der Waals surface area contributed by atoms with Crippen molar-refractivity contribution in [3.63, 3.8) is 0 Å². The van der Waals surface area contributed by atoms with Crippen LogP contribution in [0.15, 0.2) is 66.0 Å². The summed E-state index contributed by atoms with van der Waals surface area (Å²) in [6, 6.07) is 19.4. The number of amides is 1. The van der Waals surface area contributed by atoms with Crippen LogP contribution in [-0.2, 0) is 11.2 Å². The summed E-state index contributed by atoms with van der Waals surface area (Å²) < 4.78 is 10.7. The highest BCUT2D eigenvalue weighted by Gasteiger charge is 2.18. The van der Waals surface area contributed by atoms with Crippen LogP contribution in [0.2, 0.25) is 0 Å². The molecule has 1 atom stereocenters. The topological polar surface area (TPSA) is 47.6 Å². The van der Waals surface area contributed by atoms with Gasteiger partial charge in [0.05, 0.1) is 13.2 Å². The summed E-state index contributed by atoms with van der Waals surface area (Å²) in [5.41, 5.74) is 2.34. The lowest BCUT2D eigenvalue weighted by atomic mass is 10.0. The Labute approximate surface area is 163 Å². The number of thiophene rings is 1. The van der Waals surface area contributed by atoms with Gasteiger partial charge in [0.25, 0.3) is 5.91 Å². The summed E-state index contributed by atoms with van der Waals surface area (Å²) in [4.78, 5) is 13.6. The molecule has 1 amide bonds. The van der Waals surface area contributed by atoms with Crippen molar-refractivity contribution in [3.05, 3.63) is 82.0 Å². The Bertz CT molecular complexity index is 842. The van der Waals surface area contributed by atoms with Crippen molar-refractivity contribution < 1.29 is 14.3 Å². The van der Waals surface area contributed by atoms with E-state index in [0.717, 1.165) is 22.6 Å². The highest BCUT2D eigenvalue weighted by molar-refractivity contribution is 7.10. The molecule has 3 rings (SSSR count). The standard InChI is InChI=1S/C22H23NO3S/c1-3-16-6-8-17(9-7-16)22(20-5-4-14-27-20)23-21(24)15-26-19-12-10-18(25-2)11-13-19/h4-14,22H,3,15H2,1-2H3,(H,23,24)/t22-/m1/s1. The Hall–Kier alpha value is -2.79. The van der Waals surface area contributed by atoms with E-state index in [4.69, 9.17) is 9.47 Å². The molecule has 0 fully saturated rings. The minimum Gasteiger partial charge on any atom is -0.497 e. The molecule has 0 saturated carbocycles. The predicted octanol–water partition coefficient (Wildman–Crippen LogP) is 4.60. The highest BCUT2D eigenvalue weighted by Crippen LogP contribution is 2.26. The third-order valence-corrected chi connectivity index (χ3v) is 5.22. The zero-order valence-electron chi connectivity index (χ0n) is 15.5. The van der Waals surface area contributed by atoms with E-state index in [0.29, 0.717) is 5.75 Å². The van der Waals surface area contributed by atoms with Crippen molar-refractivity contribution in [1.29, 1.82) is 0 Å². The molecule has 27 heavy (non-hydrogen) atoms. The van der Waals surface area contributed by atoms with Gasteiger partial charge >= 0.3 is 0 Å². The normalized spacial score (nSPS) is 11.6. The molecular formula is C22H23NO3S. The highest BCUT2D eigenvalue weighted by atomic mass is 32.1. The second-order valence-electron chi connectivity index (χ2n) is 6.08. The van der Waals surface area contributed by atoms with Gasteiger partial charge in [-0.3, -0.25) is 4.79 Å². The average molecular weight is 381 g/mol. The summed E-state index contributed by atoms with van der Waals surface area (Å²) in [5.74, 6) is 1.22. The summed E-state index contributed by atoms with van der Waals surface area (Å²) in [6.07, 6.45) is 0.992. The molecule has 0 radical (unpaired) electrons. The van der Waals surface area contributed by atoms with Gasteiger partial charge in [0.1, 0.15) is 11.5 Å². The average Bonchev–Trinajstić information content (AvgIpc) is 3.25. The molecule has 1 heterocycles. The van der Waals surface area contributed by atoms with Crippen molar-refractivity contribution in [2.75, 3.05) is 13.7 Å². The Kier molecular flexibility index (Phi) is 6.49. The molecule has 1 aromatic heterocycles. The lowest BCUT2D eigenvalue weighted by Gasteiger charge is -2.19. The van der Waals surface area contributed by atoms with Crippen LogP contribution in [0.4, 0.5) is 0 Å². The maximum atomic E-state index is 12.5.